The van der Waals surface area contributed by atoms with E-state index in [1.54, 1.807) is 6.92 Å². The van der Waals surface area contributed by atoms with Gasteiger partial charge in [0.15, 0.2) is 11.6 Å². The van der Waals surface area contributed by atoms with Crippen LogP contribution >= 0.6 is 0 Å². The molecule has 0 saturated heterocycles. The van der Waals surface area contributed by atoms with Crippen molar-refractivity contribution >= 4 is 12.0 Å². The van der Waals surface area contributed by atoms with Crippen LogP contribution in [0.25, 0.3) is 6.08 Å². The zero-order valence-corrected chi connectivity index (χ0v) is 11.1. The van der Waals surface area contributed by atoms with Crippen LogP contribution in [-0.4, -0.2) is 11.1 Å². The number of aliphatic carboxylic acids is 1. The minimum absolute atomic E-state index is 0.133. The zero-order valence-electron chi connectivity index (χ0n) is 11.1. The Hall–Kier alpha value is -2.69. The molecule has 0 unspecified atom stereocenters. The third-order valence-corrected chi connectivity index (χ3v) is 2.77. The Balaban J connectivity index is 2.38. The van der Waals surface area contributed by atoms with Crippen LogP contribution in [0, 0.1) is 18.6 Å². The summed E-state index contributed by atoms with van der Waals surface area (Å²) in [6, 6.07) is 8.28. The van der Waals surface area contributed by atoms with Crippen LogP contribution < -0.4 is 4.74 Å². The van der Waals surface area contributed by atoms with E-state index < -0.39 is 17.6 Å². The van der Waals surface area contributed by atoms with Gasteiger partial charge in [-0.1, -0.05) is 18.2 Å². The molecule has 0 radical (unpaired) electrons. The number of aryl methyl sites for hydroxylation is 1. The van der Waals surface area contributed by atoms with Crippen LogP contribution in [0.1, 0.15) is 11.1 Å². The van der Waals surface area contributed by atoms with Crippen molar-refractivity contribution in [1.29, 1.82) is 0 Å². The van der Waals surface area contributed by atoms with E-state index in [0.29, 0.717) is 5.56 Å². The maximum atomic E-state index is 13.8. The SMILES string of the molecule is Cc1ccc(Oc2c(F)cccc2/C=C/C(=O)O)cc1F. The van der Waals surface area contributed by atoms with Crippen LogP contribution in [0.4, 0.5) is 8.78 Å². The Morgan fingerprint density at radius 3 is 2.62 bits per heavy atom. The van der Waals surface area contributed by atoms with Crippen molar-refractivity contribution in [1.82, 2.24) is 0 Å². The molecule has 0 fully saturated rings. The van der Waals surface area contributed by atoms with E-state index in [4.69, 9.17) is 9.84 Å². The quantitative estimate of drug-likeness (QED) is 0.860. The van der Waals surface area contributed by atoms with Gasteiger partial charge >= 0.3 is 5.97 Å². The van der Waals surface area contributed by atoms with E-state index in [1.165, 1.54) is 36.4 Å². The molecule has 0 spiro atoms. The van der Waals surface area contributed by atoms with Crippen molar-refractivity contribution in [2.45, 2.75) is 6.92 Å². The summed E-state index contributed by atoms with van der Waals surface area (Å²) in [4.78, 5) is 10.5. The first-order valence-corrected chi connectivity index (χ1v) is 6.11. The van der Waals surface area contributed by atoms with Crippen molar-refractivity contribution in [3.8, 4) is 11.5 Å². The minimum Gasteiger partial charge on any atom is -0.478 e. The summed E-state index contributed by atoms with van der Waals surface area (Å²) in [5, 5.41) is 8.62. The Labute approximate surface area is 120 Å². The van der Waals surface area contributed by atoms with E-state index >= 15 is 0 Å². The highest BCUT2D eigenvalue weighted by atomic mass is 19.1. The molecule has 2 aromatic rings. The van der Waals surface area contributed by atoms with Crippen molar-refractivity contribution in [3.05, 3.63) is 65.2 Å². The number of halogens is 2. The second-order valence-electron chi connectivity index (χ2n) is 4.34. The third kappa shape index (κ3) is 3.66. The van der Waals surface area contributed by atoms with Crippen molar-refractivity contribution in [3.63, 3.8) is 0 Å². The summed E-state index contributed by atoms with van der Waals surface area (Å²) >= 11 is 0. The second kappa shape index (κ2) is 6.17. The van der Waals surface area contributed by atoms with E-state index in [2.05, 4.69) is 0 Å². The molecule has 0 aliphatic carbocycles. The molecule has 0 saturated carbocycles. The molecule has 0 heterocycles. The molecule has 0 amide bonds. The lowest BCUT2D eigenvalue weighted by Gasteiger charge is -2.10. The molecule has 0 atom stereocenters. The summed E-state index contributed by atoms with van der Waals surface area (Å²) in [5.41, 5.74) is 0.695. The molecule has 0 aromatic heterocycles. The lowest BCUT2D eigenvalue weighted by Crippen LogP contribution is -1.94. The average Bonchev–Trinajstić information content (AvgIpc) is 2.43. The maximum absolute atomic E-state index is 13.8. The first kappa shape index (κ1) is 14.7. The number of rotatable bonds is 4. The highest BCUT2D eigenvalue weighted by Gasteiger charge is 2.10. The largest absolute Gasteiger partial charge is 0.478 e. The number of carbonyl (C=O) groups is 1. The summed E-state index contributed by atoms with van der Waals surface area (Å²) in [5.74, 6) is -2.31. The Bertz CT molecular complexity index is 709. The van der Waals surface area contributed by atoms with E-state index in [1.807, 2.05) is 0 Å². The van der Waals surface area contributed by atoms with Gasteiger partial charge in [0.1, 0.15) is 11.6 Å². The summed E-state index contributed by atoms with van der Waals surface area (Å²) in [6.45, 7) is 1.60. The van der Waals surface area contributed by atoms with Gasteiger partial charge in [0.2, 0.25) is 0 Å². The van der Waals surface area contributed by atoms with E-state index in [0.717, 1.165) is 12.1 Å². The minimum atomic E-state index is -1.16. The van der Waals surface area contributed by atoms with Crippen LogP contribution in [-0.2, 0) is 4.79 Å². The molecule has 21 heavy (non-hydrogen) atoms. The molecule has 2 aromatic carbocycles. The van der Waals surface area contributed by atoms with Gasteiger partial charge in [-0.15, -0.1) is 0 Å². The van der Waals surface area contributed by atoms with Crippen LogP contribution in [0.3, 0.4) is 0 Å². The molecule has 108 valence electrons. The smallest absolute Gasteiger partial charge is 0.328 e. The number of para-hydroxylation sites is 1. The lowest BCUT2D eigenvalue weighted by molar-refractivity contribution is -0.131. The van der Waals surface area contributed by atoms with Gasteiger partial charge in [-0.05, 0) is 30.7 Å². The van der Waals surface area contributed by atoms with Crippen molar-refractivity contribution in [2.24, 2.45) is 0 Å². The summed E-state index contributed by atoms with van der Waals surface area (Å²) < 4.78 is 32.7. The van der Waals surface area contributed by atoms with Gasteiger partial charge in [0, 0.05) is 17.7 Å². The van der Waals surface area contributed by atoms with Gasteiger partial charge in [-0.25, -0.2) is 13.6 Å². The van der Waals surface area contributed by atoms with Crippen LogP contribution in [0.15, 0.2) is 42.5 Å². The molecule has 5 heteroatoms. The molecule has 2 rings (SSSR count). The van der Waals surface area contributed by atoms with Gasteiger partial charge in [-0.2, -0.15) is 0 Å². The molecule has 1 N–H and O–H groups in total. The Morgan fingerprint density at radius 2 is 1.95 bits per heavy atom. The maximum Gasteiger partial charge on any atom is 0.328 e. The van der Waals surface area contributed by atoms with Gasteiger partial charge in [-0.3, -0.25) is 0 Å². The lowest BCUT2D eigenvalue weighted by atomic mass is 10.1. The average molecular weight is 290 g/mol. The Morgan fingerprint density at radius 1 is 1.19 bits per heavy atom. The van der Waals surface area contributed by atoms with Gasteiger partial charge in [0.25, 0.3) is 0 Å². The van der Waals surface area contributed by atoms with E-state index in [-0.39, 0.29) is 17.1 Å². The predicted octanol–water partition coefficient (Wildman–Crippen LogP) is 4.16. The molecule has 0 aliphatic heterocycles. The molecule has 0 bridgehead atoms. The third-order valence-electron chi connectivity index (χ3n) is 2.77. The Kier molecular flexibility index (Phi) is 4.33. The molecule has 3 nitrogen and oxygen atoms in total. The van der Waals surface area contributed by atoms with Crippen molar-refractivity contribution < 1.29 is 23.4 Å². The summed E-state index contributed by atoms with van der Waals surface area (Å²) in [6.07, 6.45) is 2.09. The highest BCUT2D eigenvalue weighted by molar-refractivity contribution is 5.85. The number of hydrogen-bond acceptors (Lipinski definition) is 2. The number of hydrogen-bond donors (Lipinski definition) is 1. The first-order chi connectivity index (χ1) is 9.97. The van der Waals surface area contributed by atoms with Gasteiger partial charge < -0.3 is 9.84 Å². The van der Waals surface area contributed by atoms with Crippen molar-refractivity contribution in [2.75, 3.05) is 0 Å². The topological polar surface area (TPSA) is 46.5 Å². The number of carboxylic acid groups (broad SMARTS) is 1. The second-order valence-corrected chi connectivity index (χ2v) is 4.34. The fourth-order valence-electron chi connectivity index (χ4n) is 1.68. The molecule has 0 aliphatic rings. The number of ether oxygens (including phenoxy) is 1. The fraction of sp³-hybridized carbons (Fsp3) is 0.0625. The molecular weight excluding hydrogens is 278 g/mol. The summed E-state index contributed by atoms with van der Waals surface area (Å²) in [7, 11) is 0. The van der Waals surface area contributed by atoms with E-state index in [9.17, 15) is 13.6 Å². The monoisotopic (exact) mass is 290 g/mol. The number of benzene rings is 2. The normalized spacial score (nSPS) is 10.8. The first-order valence-electron chi connectivity index (χ1n) is 6.11. The highest BCUT2D eigenvalue weighted by Crippen LogP contribution is 2.30. The number of carboxylic acids is 1. The zero-order chi connectivity index (χ0) is 15.4. The van der Waals surface area contributed by atoms with Gasteiger partial charge in [0.05, 0.1) is 0 Å². The standard InChI is InChI=1S/C16H12F2O3/c1-10-5-7-12(9-14(10)18)21-16-11(6-8-15(19)20)3-2-4-13(16)17/h2-9H,1H3,(H,19,20)/b8-6+. The van der Waals surface area contributed by atoms with Crippen LogP contribution in [0.2, 0.25) is 0 Å². The fourth-order valence-corrected chi connectivity index (χ4v) is 1.68. The predicted molar refractivity (Wildman–Crippen MR) is 74.3 cm³/mol. The van der Waals surface area contributed by atoms with Crippen LogP contribution in [0.5, 0.6) is 11.5 Å². The molecular formula is C16H12F2O3.